The van der Waals surface area contributed by atoms with Crippen LogP contribution in [0.25, 0.3) is 0 Å². The molecule has 0 radical (unpaired) electrons. The predicted molar refractivity (Wildman–Crippen MR) is 61.7 cm³/mol. The first-order valence-corrected chi connectivity index (χ1v) is 6.56. The van der Waals surface area contributed by atoms with E-state index in [2.05, 4.69) is 12.2 Å². The van der Waals surface area contributed by atoms with Crippen molar-refractivity contribution >= 4 is 5.78 Å². The van der Waals surface area contributed by atoms with Gasteiger partial charge in [0.2, 0.25) is 0 Å². The summed E-state index contributed by atoms with van der Waals surface area (Å²) in [5.41, 5.74) is 0. The molecule has 1 heterocycles. The monoisotopic (exact) mass is 209 g/mol. The molecule has 1 saturated heterocycles. The summed E-state index contributed by atoms with van der Waals surface area (Å²) in [4.78, 5) is 11.9. The molecule has 0 aromatic carbocycles. The molecule has 15 heavy (non-hydrogen) atoms. The molecule has 3 unspecified atom stereocenters. The average Bonchev–Trinajstić information content (AvgIpc) is 2.30. The smallest absolute Gasteiger partial charge is 0.138 e. The first kappa shape index (κ1) is 11.1. The van der Waals surface area contributed by atoms with Crippen molar-refractivity contribution in [3.8, 4) is 0 Å². The van der Waals surface area contributed by atoms with Crippen LogP contribution in [0.2, 0.25) is 0 Å². The van der Waals surface area contributed by atoms with Crippen molar-refractivity contribution in [2.45, 2.75) is 45.4 Å². The lowest BCUT2D eigenvalue weighted by molar-refractivity contribution is -0.127. The van der Waals surface area contributed by atoms with Crippen LogP contribution in [-0.4, -0.2) is 18.9 Å². The zero-order chi connectivity index (χ0) is 10.7. The fourth-order valence-corrected chi connectivity index (χ4v) is 3.43. The van der Waals surface area contributed by atoms with E-state index < -0.39 is 0 Å². The molecule has 0 amide bonds. The van der Waals surface area contributed by atoms with Crippen molar-refractivity contribution in [2.75, 3.05) is 13.1 Å². The van der Waals surface area contributed by atoms with Gasteiger partial charge in [0.05, 0.1) is 0 Å². The number of hydrogen-bond acceptors (Lipinski definition) is 2. The zero-order valence-corrected chi connectivity index (χ0v) is 9.80. The molecule has 2 rings (SSSR count). The van der Waals surface area contributed by atoms with Gasteiger partial charge in [-0.3, -0.25) is 4.79 Å². The topological polar surface area (TPSA) is 29.1 Å². The Labute approximate surface area is 92.8 Å². The number of nitrogens with one attached hydrogen (secondary N) is 1. The van der Waals surface area contributed by atoms with E-state index in [1.54, 1.807) is 0 Å². The minimum Gasteiger partial charge on any atom is -0.316 e. The van der Waals surface area contributed by atoms with E-state index in [1.165, 1.54) is 32.1 Å². The van der Waals surface area contributed by atoms with Crippen molar-refractivity contribution in [3.05, 3.63) is 0 Å². The van der Waals surface area contributed by atoms with Crippen LogP contribution in [0.1, 0.15) is 45.4 Å². The molecule has 0 spiro atoms. The van der Waals surface area contributed by atoms with Crippen LogP contribution in [0.3, 0.4) is 0 Å². The van der Waals surface area contributed by atoms with Crippen LogP contribution >= 0.6 is 0 Å². The Morgan fingerprint density at radius 1 is 1.33 bits per heavy atom. The van der Waals surface area contributed by atoms with Gasteiger partial charge in [-0.1, -0.05) is 32.6 Å². The molecule has 2 aliphatic rings. The Morgan fingerprint density at radius 3 is 2.87 bits per heavy atom. The van der Waals surface area contributed by atoms with Gasteiger partial charge in [-0.2, -0.15) is 0 Å². The van der Waals surface area contributed by atoms with E-state index in [-0.39, 0.29) is 0 Å². The predicted octanol–water partition coefficient (Wildman–Crippen LogP) is 2.38. The van der Waals surface area contributed by atoms with Crippen molar-refractivity contribution in [2.24, 2.45) is 17.8 Å². The van der Waals surface area contributed by atoms with Gasteiger partial charge in [-0.25, -0.2) is 0 Å². The van der Waals surface area contributed by atoms with Gasteiger partial charge < -0.3 is 5.32 Å². The van der Waals surface area contributed by atoms with Crippen LogP contribution in [0, 0.1) is 17.8 Å². The van der Waals surface area contributed by atoms with Gasteiger partial charge in [0.1, 0.15) is 5.78 Å². The van der Waals surface area contributed by atoms with Crippen molar-refractivity contribution < 1.29 is 4.79 Å². The molecule has 1 aliphatic heterocycles. The fraction of sp³-hybridized carbons (Fsp3) is 0.923. The Bertz CT molecular complexity index is 227. The Hall–Kier alpha value is -0.370. The molecule has 3 atom stereocenters. The maximum Gasteiger partial charge on any atom is 0.138 e. The molecular weight excluding hydrogens is 186 g/mol. The van der Waals surface area contributed by atoms with Gasteiger partial charge in [0.25, 0.3) is 0 Å². The SMILES string of the molecule is CCC1CCCCC1C1CNCCC1=O. The first-order chi connectivity index (χ1) is 7.33. The highest BCUT2D eigenvalue weighted by Gasteiger charge is 2.35. The highest BCUT2D eigenvalue weighted by Crippen LogP contribution is 2.38. The van der Waals surface area contributed by atoms with Crippen LogP contribution in [0.15, 0.2) is 0 Å². The summed E-state index contributed by atoms with van der Waals surface area (Å²) in [6.45, 7) is 4.13. The molecule has 0 aromatic rings. The highest BCUT2D eigenvalue weighted by molar-refractivity contribution is 5.82. The Kier molecular flexibility index (Phi) is 3.79. The quantitative estimate of drug-likeness (QED) is 0.756. The molecule has 1 N–H and O–H groups in total. The van der Waals surface area contributed by atoms with E-state index in [4.69, 9.17) is 0 Å². The lowest BCUT2D eigenvalue weighted by Crippen LogP contribution is -2.43. The molecular formula is C13H23NO. The number of carbonyl (C=O) groups is 1. The Balaban J connectivity index is 2.02. The first-order valence-electron chi connectivity index (χ1n) is 6.56. The van der Waals surface area contributed by atoms with Crippen molar-refractivity contribution in [1.29, 1.82) is 0 Å². The second kappa shape index (κ2) is 5.11. The summed E-state index contributed by atoms with van der Waals surface area (Å²) in [6, 6.07) is 0. The normalized spacial score (nSPS) is 37.9. The minimum absolute atomic E-state index is 0.337. The molecule has 2 fully saturated rings. The lowest BCUT2D eigenvalue weighted by Gasteiger charge is -2.38. The van der Waals surface area contributed by atoms with E-state index in [9.17, 15) is 4.79 Å². The summed E-state index contributed by atoms with van der Waals surface area (Å²) in [7, 11) is 0. The third-order valence-electron chi connectivity index (χ3n) is 4.34. The fourth-order valence-electron chi connectivity index (χ4n) is 3.43. The third-order valence-corrected chi connectivity index (χ3v) is 4.34. The molecule has 1 saturated carbocycles. The van der Waals surface area contributed by atoms with Crippen LogP contribution in [-0.2, 0) is 4.79 Å². The minimum atomic E-state index is 0.337. The van der Waals surface area contributed by atoms with Gasteiger partial charge in [-0.15, -0.1) is 0 Å². The van der Waals surface area contributed by atoms with Crippen molar-refractivity contribution in [3.63, 3.8) is 0 Å². The second-order valence-corrected chi connectivity index (χ2v) is 5.14. The lowest BCUT2D eigenvalue weighted by atomic mass is 9.69. The molecule has 2 nitrogen and oxygen atoms in total. The summed E-state index contributed by atoms with van der Waals surface area (Å²) in [6.07, 6.45) is 7.38. The molecule has 1 aliphatic carbocycles. The van der Waals surface area contributed by atoms with Crippen LogP contribution in [0.5, 0.6) is 0 Å². The number of Topliss-reactive ketones (excluding diaryl/α,β-unsaturated/α-hetero) is 1. The van der Waals surface area contributed by atoms with Crippen LogP contribution in [0.4, 0.5) is 0 Å². The molecule has 86 valence electrons. The number of ketones is 1. The standard InChI is InChI=1S/C13H23NO/c1-2-10-5-3-4-6-11(10)12-9-14-8-7-13(12)15/h10-12,14H,2-9H2,1H3. The second-order valence-electron chi connectivity index (χ2n) is 5.14. The summed E-state index contributed by atoms with van der Waals surface area (Å²) in [5.74, 6) is 2.36. The van der Waals surface area contributed by atoms with E-state index in [0.29, 0.717) is 17.6 Å². The van der Waals surface area contributed by atoms with Gasteiger partial charge in [-0.05, 0) is 18.3 Å². The van der Waals surface area contributed by atoms with Gasteiger partial charge in [0.15, 0.2) is 0 Å². The van der Waals surface area contributed by atoms with Gasteiger partial charge >= 0.3 is 0 Å². The largest absolute Gasteiger partial charge is 0.316 e. The highest BCUT2D eigenvalue weighted by atomic mass is 16.1. The molecule has 0 aromatic heterocycles. The number of rotatable bonds is 2. The molecule has 2 heteroatoms. The number of piperidine rings is 1. The summed E-state index contributed by atoms with van der Waals surface area (Å²) < 4.78 is 0. The summed E-state index contributed by atoms with van der Waals surface area (Å²) >= 11 is 0. The maximum atomic E-state index is 11.9. The zero-order valence-electron chi connectivity index (χ0n) is 9.80. The van der Waals surface area contributed by atoms with Crippen molar-refractivity contribution in [1.82, 2.24) is 5.32 Å². The summed E-state index contributed by atoms with van der Waals surface area (Å²) in [5, 5.41) is 3.39. The average molecular weight is 209 g/mol. The maximum absolute atomic E-state index is 11.9. The van der Waals surface area contributed by atoms with E-state index in [0.717, 1.165) is 25.4 Å². The van der Waals surface area contributed by atoms with E-state index in [1.807, 2.05) is 0 Å². The Morgan fingerprint density at radius 2 is 2.13 bits per heavy atom. The molecule has 0 bridgehead atoms. The number of hydrogen-bond donors (Lipinski definition) is 1. The van der Waals surface area contributed by atoms with E-state index >= 15 is 0 Å². The third kappa shape index (κ3) is 2.41. The number of carbonyl (C=O) groups excluding carboxylic acids is 1. The van der Waals surface area contributed by atoms with Gasteiger partial charge in [0, 0.05) is 25.4 Å². The van der Waals surface area contributed by atoms with Crippen LogP contribution < -0.4 is 5.32 Å².